The number of piperazine rings is 1. The monoisotopic (exact) mass is 448 g/mol. The quantitative estimate of drug-likeness (QED) is 0.689. The van der Waals surface area contributed by atoms with Crippen LogP contribution in [0.1, 0.15) is 29.8 Å². The van der Waals surface area contributed by atoms with Crippen LogP contribution in [0.25, 0.3) is 10.9 Å². The van der Waals surface area contributed by atoms with Crippen molar-refractivity contribution in [2.75, 3.05) is 58.7 Å². The van der Waals surface area contributed by atoms with Gasteiger partial charge in [-0.3, -0.25) is 14.6 Å². The van der Waals surface area contributed by atoms with Crippen molar-refractivity contribution in [2.24, 2.45) is 0 Å². The molecule has 0 radical (unpaired) electrons. The van der Waals surface area contributed by atoms with Crippen molar-refractivity contribution >= 4 is 26.8 Å². The van der Waals surface area contributed by atoms with Gasteiger partial charge in [-0.2, -0.15) is 0 Å². The summed E-state index contributed by atoms with van der Waals surface area (Å²) in [7, 11) is -3.49. The summed E-state index contributed by atoms with van der Waals surface area (Å²) in [6, 6.07) is 5.92. The van der Waals surface area contributed by atoms with Crippen LogP contribution in [0.5, 0.6) is 0 Å². The molecule has 0 bridgehead atoms. The Morgan fingerprint density at radius 3 is 2.35 bits per heavy atom. The molecule has 0 spiro atoms. The van der Waals surface area contributed by atoms with Gasteiger partial charge in [0, 0.05) is 69.0 Å². The number of ether oxygens (including phenoxy) is 1. The van der Waals surface area contributed by atoms with Gasteiger partial charge < -0.3 is 9.64 Å². The zero-order chi connectivity index (χ0) is 22.2. The van der Waals surface area contributed by atoms with Crippen LogP contribution in [0.2, 0.25) is 0 Å². The fraction of sp³-hybridized carbons (Fsp3) is 0.591. The minimum Gasteiger partial charge on any atom is -0.379 e. The van der Waals surface area contributed by atoms with E-state index < -0.39 is 10.0 Å². The number of amides is 1. The Kier molecular flexibility index (Phi) is 6.39. The maximum absolute atomic E-state index is 13.1. The molecule has 3 heterocycles. The molecule has 31 heavy (non-hydrogen) atoms. The van der Waals surface area contributed by atoms with E-state index in [1.165, 1.54) is 10.2 Å². The van der Waals surface area contributed by atoms with Gasteiger partial charge in [0.25, 0.3) is 5.91 Å². The molecule has 2 fully saturated rings. The van der Waals surface area contributed by atoms with E-state index in [4.69, 9.17) is 4.74 Å². The molecule has 170 valence electrons. The van der Waals surface area contributed by atoms with Gasteiger partial charge >= 0.3 is 0 Å². The first-order valence-corrected chi connectivity index (χ1v) is 12.8. The fourth-order valence-electron chi connectivity index (χ4n) is 4.42. The van der Waals surface area contributed by atoms with E-state index in [1.807, 2.05) is 17.0 Å². The number of morpholine rings is 1. The van der Waals surface area contributed by atoms with Gasteiger partial charge in [-0.1, -0.05) is 6.07 Å². The summed E-state index contributed by atoms with van der Waals surface area (Å²) in [4.78, 5) is 19.6. The standard InChI is InChI=1S/C22H32N4O4S/c1-17(2)24-6-8-25(9-7-24)22(27)18-4-5-20-19(15-23-10-12-30-13-11-23)16-26(21(20)14-18)31(3,28)29/h4-5,14,16-17H,6-13,15H2,1-3H3. The van der Waals surface area contributed by atoms with Crippen LogP contribution in [0.4, 0.5) is 0 Å². The molecule has 0 N–H and O–H groups in total. The lowest BCUT2D eigenvalue weighted by Crippen LogP contribution is -2.50. The lowest BCUT2D eigenvalue weighted by Gasteiger charge is -2.37. The van der Waals surface area contributed by atoms with Crippen LogP contribution in [0.3, 0.4) is 0 Å². The van der Waals surface area contributed by atoms with Crippen LogP contribution in [0.15, 0.2) is 24.4 Å². The molecule has 0 atom stereocenters. The highest BCUT2D eigenvalue weighted by atomic mass is 32.2. The Morgan fingerprint density at radius 2 is 1.74 bits per heavy atom. The second-order valence-electron chi connectivity index (χ2n) is 8.76. The van der Waals surface area contributed by atoms with Crippen molar-refractivity contribution in [3.05, 3.63) is 35.5 Å². The predicted octanol–water partition coefficient (Wildman–Crippen LogP) is 1.45. The van der Waals surface area contributed by atoms with E-state index in [2.05, 4.69) is 23.6 Å². The van der Waals surface area contributed by atoms with Crippen LogP contribution in [-0.2, 0) is 21.3 Å². The van der Waals surface area contributed by atoms with Crippen molar-refractivity contribution in [1.82, 2.24) is 18.7 Å². The summed E-state index contributed by atoms with van der Waals surface area (Å²) in [6.07, 6.45) is 2.90. The highest BCUT2D eigenvalue weighted by molar-refractivity contribution is 7.89. The summed E-state index contributed by atoms with van der Waals surface area (Å²) < 4.78 is 31.7. The SMILES string of the molecule is CC(C)N1CCN(C(=O)c2ccc3c(CN4CCOCC4)cn(S(C)(=O)=O)c3c2)CC1. The van der Waals surface area contributed by atoms with Crippen molar-refractivity contribution in [3.8, 4) is 0 Å². The maximum atomic E-state index is 13.1. The van der Waals surface area contributed by atoms with Crippen LogP contribution in [-0.4, -0.2) is 97.8 Å². The van der Waals surface area contributed by atoms with Gasteiger partial charge in [0.2, 0.25) is 10.0 Å². The molecule has 0 aliphatic carbocycles. The number of aromatic nitrogens is 1. The third kappa shape index (κ3) is 4.79. The van der Waals surface area contributed by atoms with Gasteiger partial charge in [-0.15, -0.1) is 0 Å². The number of carbonyl (C=O) groups excluding carboxylic acids is 1. The smallest absolute Gasteiger partial charge is 0.254 e. The molecule has 2 aliphatic heterocycles. The van der Waals surface area contributed by atoms with Crippen LogP contribution >= 0.6 is 0 Å². The summed E-state index contributed by atoms with van der Waals surface area (Å²) in [5, 5.41) is 0.873. The van der Waals surface area contributed by atoms with E-state index in [0.717, 1.165) is 37.1 Å². The number of carbonyl (C=O) groups is 1. The van der Waals surface area contributed by atoms with Crippen LogP contribution in [0, 0.1) is 0 Å². The van der Waals surface area contributed by atoms with E-state index in [9.17, 15) is 13.2 Å². The van der Waals surface area contributed by atoms with E-state index >= 15 is 0 Å². The second-order valence-corrected chi connectivity index (χ2v) is 10.6. The molecule has 1 amide bonds. The largest absolute Gasteiger partial charge is 0.379 e. The number of fused-ring (bicyclic) bond motifs is 1. The molecular weight excluding hydrogens is 416 g/mol. The molecule has 1 aromatic carbocycles. The van der Waals surface area contributed by atoms with Gasteiger partial charge in [0.1, 0.15) is 0 Å². The summed E-state index contributed by atoms with van der Waals surface area (Å²) in [5.74, 6) is -0.0405. The molecule has 2 saturated heterocycles. The Morgan fingerprint density at radius 1 is 1.06 bits per heavy atom. The molecule has 0 unspecified atom stereocenters. The Hall–Kier alpha value is -1.94. The highest BCUT2D eigenvalue weighted by Crippen LogP contribution is 2.26. The Bertz CT molecular complexity index is 1050. The number of rotatable bonds is 5. The molecule has 1 aromatic heterocycles. The van der Waals surface area contributed by atoms with Gasteiger partial charge in [0.15, 0.2) is 0 Å². The lowest BCUT2D eigenvalue weighted by molar-refractivity contribution is 0.0343. The summed E-state index contributed by atoms with van der Waals surface area (Å²) in [6.45, 7) is 11.1. The third-order valence-corrected chi connectivity index (χ3v) is 7.30. The predicted molar refractivity (Wildman–Crippen MR) is 121 cm³/mol. The molecule has 0 saturated carbocycles. The maximum Gasteiger partial charge on any atom is 0.254 e. The first kappa shape index (κ1) is 22.3. The molecule has 2 aromatic rings. The number of hydrogen-bond acceptors (Lipinski definition) is 6. The van der Waals surface area contributed by atoms with E-state index in [1.54, 1.807) is 12.3 Å². The van der Waals surface area contributed by atoms with Crippen molar-refractivity contribution < 1.29 is 17.9 Å². The topological polar surface area (TPSA) is 75.1 Å². The van der Waals surface area contributed by atoms with E-state index in [0.29, 0.717) is 50.0 Å². The summed E-state index contributed by atoms with van der Waals surface area (Å²) in [5.41, 5.74) is 2.05. The number of hydrogen-bond donors (Lipinski definition) is 0. The van der Waals surface area contributed by atoms with Crippen molar-refractivity contribution in [2.45, 2.75) is 26.4 Å². The van der Waals surface area contributed by atoms with Crippen molar-refractivity contribution in [3.63, 3.8) is 0 Å². The zero-order valence-corrected chi connectivity index (χ0v) is 19.4. The molecule has 8 nitrogen and oxygen atoms in total. The van der Waals surface area contributed by atoms with Crippen molar-refractivity contribution in [1.29, 1.82) is 0 Å². The molecular formula is C22H32N4O4S. The van der Waals surface area contributed by atoms with Crippen LogP contribution < -0.4 is 0 Å². The Balaban J connectivity index is 1.62. The Labute approximate surface area is 184 Å². The average Bonchev–Trinajstić information content (AvgIpc) is 3.12. The van der Waals surface area contributed by atoms with Gasteiger partial charge in [0.05, 0.1) is 25.0 Å². The molecule has 4 rings (SSSR count). The average molecular weight is 449 g/mol. The summed E-state index contributed by atoms with van der Waals surface area (Å²) >= 11 is 0. The molecule has 2 aliphatic rings. The lowest BCUT2D eigenvalue weighted by atomic mass is 10.1. The fourth-order valence-corrected chi connectivity index (χ4v) is 5.25. The van der Waals surface area contributed by atoms with Gasteiger partial charge in [-0.05, 0) is 31.5 Å². The van der Waals surface area contributed by atoms with Gasteiger partial charge in [-0.25, -0.2) is 12.4 Å². The minimum atomic E-state index is -3.49. The highest BCUT2D eigenvalue weighted by Gasteiger charge is 2.25. The zero-order valence-electron chi connectivity index (χ0n) is 18.6. The van der Waals surface area contributed by atoms with E-state index in [-0.39, 0.29) is 5.91 Å². The number of benzene rings is 1. The third-order valence-electron chi connectivity index (χ3n) is 6.29. The normalized spacial score (nSPS) is 19.4. The first-order chi connectivity index (χ1) is 14.7. The molecule has 9 heteroatoms. The second kappa shape index (κ2) is 8.90. The number of nitrogens with zero attached hydrogens (tertiary/aromatic N) is 4. The minimum absolute atomic E-state index is 0.0405. The first-order valence-electron chi connectivity index (χ1n) is 10.9.